The third kappa shape index (κ3) is 3.56. The van der Waals surface area contributed by atoms with E-state index in [1.165, 1.54) is 12.8 Å². The highest BCUT2D eigenvalue weighted by molar-refractivity contribution is 5.38. The number of nitrogens with zero attached hydrogens (tertiary/aromatic N) is 2. The molecular weight excluding hydrogens is 240 g/mol. The van der Waals surface area contributed by atoms with Crippen LogP contribution < -0.4 is 15.8 Å². The van der Waals surface area contributed by atoms with Gasteiger partial charge in [0.1, 0.15) is 11.6 Å². The van der Waals surface area contributed by atoms with Gasteiger partial charge in [-0.25, -0.2) is 4.98 Å². The predicted molar refractivity (Wildman–Crippen MR) is 77.9 cm³/mol. The van der Waals surface area contributed by atoms with Gasteiger partial charge in [0.25, 0.3) is 5.56 Å². The van der Waals surface area contributed by atoms with E-state index in [9.17, 15) is 4.79 Å². The third-order valence-electron chi connectivity index (χ3n) is 3.60. The highest BCUT2D eigenvalue weighted by Crippen LogP contribution is 2.15. The molecule has 1 unspecified atom stereocenters. The SMILES string of the molecule is CCN(CC1CCCN1)c1cc(=O)[nH]c(C(C)C)n1. The second kappa shape index (κ2) is 6.19. The van der Waals surface area contributed by atoms with E-state index in [1.54, 1.807) is 6.07 Å². The maximum atomic E-state index is 11.7. The summed E-state index contributed by atoms with van der Waals surface area (Å²) in [6, 6.07) is 2.12. The topological polar surface area (TPSA) is 61.0 Å². The van der Waals surface area contributed by atoms with Crippen molar-refractivity contribution in [2.45, 2.75) is 45.6 Å². The van der Waals surface area contributed by atoms with Crippen LogP contribution in [0.15, 0.2) is 10.9 Å². The van der Waals surface area contributed by atoms with Gasteiger partial charge in [0.2, 0.25) is 0 Å². The van der Waals surface area contributed by atoms with E-state index in [4.69, 9.17) is 0 Å². The van der Waals surface area contributed by atoms with Crippen molar-refractivity contribution >= 4 is 5.82 Å². The Morgan fingerprint density at radius 3 is 2.89 bits per heavy atom. The van der Waals surface area contributed by atoms with Crippen molar-refractivity contribution in [1.29, 1.82) is 0 Å². The lowest BCUT2D eigenvalue weighted by molar-refractivity contribution is 0.581. The van der Waals surface area contributed by atoms with Crippen LogP contribution in [0.25, 0.3) is 0 Å². The average molecular weight is 264 g/mol. The van der Waals surface area contributed by atoms with Gasteiger partial charge in [-0.2, -0.15) is 0 Å². The van der Waals surface area contributed by atoms with Gasteiger partial charge in [0, 0.05) is 31.1 Å². The van der Waals surface area contributed by atoms with Gasteiger partial charge in [0.05, 0.1) is 0 Å². The molecule has 106 valence electrons. The molecule has 0 saturated carbocycles. The van der Waals surface area contributed by atoms with Gasteiger partial charge in [-0.3, -0.25) is 4.79 Å². The number of rotatable bonds is 5. The first-order chi connectivity index (χ1) is 9.10. The zero-order valence-corrected chi connectivity index (χ0v) is 12.1. The maximum Gasteiger partial charge on any atom is 0.252 e. The van der Waals surface area contributed by atoms with Crippen molar-refractivity contribution in [2.75, 3.05) is 24.5 Å². The Balaban J connectivity index is 2.19. The number of aromatic amines is 1. The van der Waals surface area contributed by atoms with Gasteiger partial charge in [-0.15, -0.1) is 0 Å². The molecule has 1 atom stereocenters. The number of likely N-dealkylation sites (N-methyl/N-ethyl adjacent to an activating group) is 1. The Bertz CT molecular complexity index is 463. The van der Waals surface area contributed by atoms with Crippen molar-refractivity contribution in [3.63, 3.8) is 0 Å². The summed E-state index contributed by atoms with van der Waals surface area (Å²) in [6.07, 6.45) is 2.44. The fraction of sp³-hybridized carbons (Fsp3) is 0.714. The van der Waals surface area contributed by atoms with Crippen LogP contribution in [0, 0.1) is 0 Å². The second-order valence-corrected chi connectivity index (χ2v) is 5.48. The molecule has 2 rings (SSSR count). The van der Waals surface area contributed by atoms with E-state index in [0.29, 0.717) is 6.04 Å². The Labute approximate surface area is 114 Å². The lowest BCUT2D eigenvalue weighted by atomic mass is 10.2. The molecule has 1 aromatic heterocycles. The smallest absolute Gasteiger partial charge is 0.252 e. The van der Waals surface area contributed by atoms with Gasteiger partial charge in [0.15, 0.2) is 0 Å². The fourth-order valence-corrected chi connectivity index (χ4v) is 2.46. The molecule has 2 N–H and O–H groups in total. The molecule has 1 fully saturated rings. The van der Waals surface area contributed by atoms with Crippen LogP contribution in [0.3, 0.4) is 0 Å². The number of hydrogen-bond acceptors (Lipinski definition) is 4. The number of nitrogens with one attached hydrogen (secondary N) is 2. The first-order valence-electron chi connectivity index (χ1n) is 7.19. The molecule has 1 saturated heterocycles. The molecule has 2 heterocycles. The van der Waals surface area contributed by atoms with Gasteiger partial charge < -0.3 is 15.2 Å². The third-order valence-corrected chi connectivity index (χ3v) is 3.60. The van der Waals surface area contributed by atoms with Crippen LogP contribution in [-0.2, 0) is 0 Å². The highest BCUT2D eigenvalue weighted by Gasteiger charge is 2.19. The standard InChI is InChI=1S/C14H24N4O/c1-4-18(9-11-6-5-7-15-11)12-8-13(19)17-14(16-12)10(2)3/h8,10-11,15H,4-7,9H2,1-3H3,(H,16,17,19). The van der Waals surface area contributed by atoms with Crippen LogP contribution >= 0.6 is 0 Å². The number of aromatic nitrogens is 2. The summed E-state index contributed by atoms with van der Waals surface area (Å²) >= 11 is 0. The Morgan fingerprint density at radius 1 is 1.53 bits per heavy atom. The minimum Gasteiger partial charge on any atom is -0.355 e. The molecule has 5 heteroatoms. The summed E-state index contributed by atoms with van der Waals surface area (Å²) in [5.41, 5.74) is -0.0634. The Kier molecular flexibility index (Phi) is 4.58. The quantitative estimate of drug-likeness (QED) is 0.845. The predicted octanol–water partition coefficient (Wildman–Crippen LogP) is 1.47. The fourth-order valence-electron chi connectivity index (χ4n) is 2.46. The van der Waals surface area contributed by atoms with Crippen molar-refractivity contribution < 1.29 is 0 Å². The summed E-state index contributed by atoms with van der Waals surface area (Å²) in [6.45, 7) is 9.07. The molecule has 5 nitrogen and oxygen atoms in total. The van der Waals surface area contributed by atoms with Gasteiger partial charge in [-0.05, 0) is 26.3 Å². The zero-order chi connectivity index (χ0) is 13.8. The van der Waals surface area contributed by atoms with Crippen LogP contribution in [0.5, 0.6) is 0 Å². The van der Waals surface area contributed by atoms with E-state index in [-0.39, 0.29) is 11.5 Å². The minimum absolute atomic E-state index is 0.0634. The normalized spacial score (nSPS) is 19.1. The lowest BCUT2D eigenvalue weighted by Crippen LogP contribution is -2.38. The summed E-state index contributed by atoms with van der Waals surface area (Å²) in [5, 5.41) is 3.49. The Morgan fingerprint density at radius 2 is 2.32 bits per heavy atom. The molecule has 0 aromatic carbocycles. The highest BCUT2D eigenvalue weighted by atomic mass is 16.1. The second-order valence-electron chi connectivity index (χ2n) is 5.48. The molecule has 19 heavy (non-hydrogen) atoms. The van der Waals surface area contributed by atoms with Crippen molar-refractivity contribution in [2.24, 2.45) is 0 Å². The van der Waals surface area contributed by atoms with E-state index in [0.717, 1.165) is 31.3 Å². The van der Waals surface area contributed by atoms with Crippen molar-refractivity contribution in [3.05, 3.63) is 22.2 Å². The van der Waals surface area contributed by atoms with Crippen LogP contribution in [0.2, 0.25) is 0 Å². The van der Waals surface area contributed by atoms with E-state index < -0.39 is 0 Å². The summed E-state index contributed by atoms with van der Waals surface area (Å²) < 4.78 is 0. The van der Waals surface area contributed by atoms with Crippen LogP contribution in [0.1, 0.15) is 45.4 Å². The Hall–Kier alpha value is -1.36. The molecule has 0 bridgehead atoms. The lowest BCUT2D eigenvalue weighted by Gasteiger charge is -2.25. The average Bonchev–Trinajstić information content (AvgIpc) is 2.88. The van der Waals surface area contributed by atoms with E-state index >= 15 is 0 Å². The van der Waals surface area contributed by atoms with Crippen molar-refractivity contribution in [1.82, 2.24) is 15.3 Å². The molecule has 1 aliphatic rings. The van der Waals surface area contributed by atoms with Crippen molar-refractivity contribution in [3.8, 4) is 0 Å². The number of anilines is 1. The molecule has 1 aromatic rings. The van der Waals surface area contributed by atoms with Gasteiger partial charge in [-0.1, -0.05) is 13.8 Å². The molecule has 1 aliphatic heterocycles. The van der Waals surface area contributed by atoms with Gasteiger partial charge >= 0.3 is 0 Å². The van der Waals surface area contributed by atoms with E-state index in [2.05, 4.69) is 27.1 Å². The molecular formula is C14H24N4O. The van der Waals surface area contributed by atoms with Crippen LogP contribution in [0.4, 0.5) is 5.82 Å². The summed E-state index contributed by atoms with van der Waals surface area (Å²) in [7, 11) is 0. The minimum atomic E-state index is -0.0634. The molecule has 0 radical (unpaired) electrons. The first kappa shape index (κ1) is 14.1. The number of hydrogen-bond donors (Lipinski definition) is 2. The number of H-pyrrole nitrogens is 1. The monoisotopic (exact) mass is 264 g/mol. The molecule has 0 spiro atoms. The van der Waals surface area contributed by atoms with E-state index in [1.807, 2.05) is 13.8 Å². The largest absolute Gasteiger partial charge is 0.355 e. The first-order valence-corrected chi connectivity index (χ1v) is 7.19. The summed E-state index contributed by atoms with van der Waals surface area (Å²) in [4.78, 5) is 21.3. The zero-order valence-electron chi connectivity index (χ0n) is 12.1. The maximum absolute atomic E-state index is 11.7. The van der Waals surface area contributed by atoms with Crippen LogP contribution in [-0.4, -0.2) is 35.6 Å². The summed E-state index contributed by atoms with van der Waals surface area (Å²) in [5.74, 6) is 1.79. The molecule has 0 amide bonds. The molecule has 0 aliphatic carbocycles.